The first kappa shape index (κ1) is 47.2. The zero-order valence-corrected chi connectivity index (χ0v) is 33.5. The molecule has 59 heavy (non-hydrogen) atoms. The highest BCUT2D eigenvalue weighted by molar-refractivity contribution is 7.94. The number of aromatic carboxylic acids is 1. The van der Waals surface area contributed by atoms with Gasteiger partial charge in [0.1, 0.15) is 22.0 Å². The molecule has 0 aromatic heterocycles. The van der Waals surface area contributed by atoms with Crippen molar-refractivity contribution in [3.05, 3.63) is 60.2 Å². The van der Waals surface area contributed by atoms with E-state index < -0.39 is 120 Å². The third-order valence-corrected chi connectivity index (χ3v) is 12.9. The summed E-state index contributed by atoms with van der Waals surface area (Å²) in [7, 11) is -18.4. The molecule has 4 rings (SSSR count). The van der Waals surface area contributed by atoms with Crippen LogP contribution in [0.3, 0.4) is 0 Å². The van der Waals surface area contributed by atoms with Crippen LogP contribution < -0.4 is 5.73 Å². The van der Waals surface area contributed by atoms with Crippen LogP contribution in [0.2, 0.25) is 0 Å². The molecule has 0 fully saturated rings. The van der Waals surface area contributed by atoms with Gasteiger partial charge in [0, 0.05) is 0 Å². The standard InChI is InChI=1S/C27H25N5O21S6/c28-23-22-14(12-21(58(42,43)44)25(23)32-29-15-1-3-16(4-2-15)56(38,39)10-8-49-59(45,46)47)11-20(54-52-50-36)24(26(22)33)31-30-19-6-5-17(13-18(19)27(34)35)57(40,41)9-7-48-55-53-51-37/h1-6,11-13,33,36-37H,7-10,28H2,(H,34,35)(H,42,43,44)(H,45,46,47). The van der Waals surface area contributed by atoms with Gasteiger partial charge in [0.25, 0.3) is 10.1 Å². The lowest BCUT2D eigenvalue weighted by Crippen LogP contribution is -2.15. The number of azo groups is 2. The van der Waals surface area contributed by atoms with Crippen molar-refractivity contribution in [2.45, 2.75) is 19.6 Å². The second kappa shape index (κ2) is 19.7. The van der Waals surface area contributed by atoms with E-state index in [2.05, 4.69) is 43.4 Å². The molecule has 0 saturated heterocycles. The number of fused-ring (bicyclic) bond motifs is 1. The minimum atomic E-state index is -5.17. The molecule has 0 bridgehead atoms. The van der Waals surface area contributed by atoms with E-state index in [1.165, 1.54) is 0 Å². The van der Waals surface area contributed by atoms with Gasteiger partial charge in [0.05, 0.1) is 73.8 Å². The van der Waals surface area contributed by atoms with Crippen molar-refractivity contribution in [1.82, 2.24) is 0 Å². The summed E-state index contributed by atoms with van der Waals surface area (Å²) >= 11 is 0.287. The molecular weight excluding hydrogens is 923 g/mol. The van der Waals surface area contributed by atoms with Gasteiger partial charge >= 0.3 is 16.4 Å². The van der Waals surface area contributed by atoms with Crippen molar-refractivity contribution in [2.75, 3.05) is 30.5 Å². The Hall–Kier alpha value is -4.49. The molecule has 0 aliphatic rings. The van der Waals surface area contributed by atoms with E-state index in [0.717, 1.165) is 54.6 Å². The fourth-order valence-electron chi connectivity index (χ4n) is 4.62. The van der Waals surface area contributed by atoms with Crippen molar-refractivity contribution >= 4 is 110 Å². The Morgan fingerprint density at radius 1 is 0.746 bits per heavy atom. The van der Waals surface area contributed by atoms with E-state index >= 15 is 0 Å². The number of nitrogens with two attached hydrogens (primary N) is 1. The number of hydrogen-bond donors (Lipinski definition) is 7. The second-order valence-electron chi connectivity index (χ2n) is 10.8. The van der Waals surface area contributed by atoms with Gasteiger partial charge < -0.3 is 15.9 Å². The molecule has 0 spiro atoms. The maximum Gasteiger partial charge on any atom is 0.397 e. The summed E-state index contributed by atoms with van der Waals surface area (Å²) in [4.78, 5) is 10.1. The second-order valence-corrected chi connectivity index (χ2v) is 18.8. The molecule has 0 heterocycles. The van der Waals surface area contributed by atoms with E-state index in [4.69, 9.17) is 25.0 Å². The average molecular weight is 948 g/mol. The summed E-state index contributed by atoms with van der Waals surface area (Å²) in [6, 6.07) is 8.80. The number of nitrogen functional groups attached to an aromatic ring is 1. The van der Waals surface area contributed by atoms with Crippen molar-refractivity contribution in [3.8, 4) is 5.75 Å². The molecular formula is C27H25N5O21S6. The molecule has 0 aliphatic heterocycles. The number of sulfone groups is 2. The zero-order chi connectivity index (χ0) is 43.8. The topological polar surface area (TPSA) is 406 Å². The maximum absolute atomic E-state index is 12.8. The van der Waals surface area contributed by atoms with Gasteiger partial charge in [0.2, 0.25) is 0 Å². The largest absolute Gasteiger partial charge is 0.505 e. The van der Waals surface area contributed by atoms with Crippen LogP contribution in [0.5, 0.6) is 5.75 Å². The molecule has 0 aliphatic carbocycles. The first-order chi connectivity index (χ1) is 27.6. The van der Waals surface area contributed by atoms with Crippen LogP contribution in [0, 0.1) is 0 Å². The number of hydrogen-bond acceptors (Lipinski definition) is 25. The molecule has 26 nitrogen and oxygen atoms in total. The summed E-state index contributed by atoms with van der Waals surface area (Å²) in [5.74, 6) is -4.09. The van der Waals surface area contributed by atoms with Crippen LogP contribution in [0.15, 0.2) is 94.6 Å². The molecule has 0 saturated carbocycles. The zero-order valence-electron chi connectivity index (χ0n) is 28.6. The highest BCUT2D eigenvalue weighted by Crippen LogP contribution is 2.49. The third kappa shape index (κ3) is 12.5. The Morgan fingerprint density at radius 3 is 1.97 bits per heavy atom. The summed E-state index contributed by atoms with van der Waals surface area (Å²) < 4.78 is 133. The van der Waals surface area contributed by atoms with E-state index in [1.54, 1.807) is 0 Å². The SMILES string of the molecule is Nc1c(N=Nc2ccc(S(=O)(=O)CCOS(=O)(=O)O)cc2)c(S(=O)(=O)O)cc2cc(SOOO)c(N=Nc3ccc(S(=O)(=O)CCOSOOO)cc3C(=O)O)c(O)c12. The normalized spacial score (nSPS) is 12.9. The Kier molecular flexibility index (Phi) is 15.8. The monoisotopic (exact) mass is 947 g/mol. The molecule has 8 N–H and O–H groups in total. The number of phenolic OH excluding ortho intramolecular Hbond substituents is 1. The molecule has 32 heteroatoms. The first-order valence-corrected chi connectivity index (χ1v) is 22.5. The van der Waals surface area contributed by atoms with Gasteiger partial charge in [-0.2, -0.15) is 21.9 Å². The summed E-state index contributed by atoms with van der Waals surface area (Å²) in [6.45, 7) is -1.39. The predicted octanol–water partition coefficient (Wildman–Crippen LogP) is 4.70. The van der Waals surface area contributed by atoms with Crippen LogP contribution in [0.25, 0.3) is 10.8 Å². The van der Waals surface area contributed by atoms with Gasteiger partial charge in [-0.25, -0.2) is 36.3 Å². The summed E-state index contributed by atoms with van der Waals surface area (Å²) in [6.07, 6.45) is 0. The van der Waals surface area contributed by atoms with E-state index in [9.17, 15) is 53.2 Å². The van der Waals surface area contributed by atoms with E-state index in [1.807, 2.05) is 0 Å². The van der Waals surface area contributed by atoms with Crippen molar-refractivity contribution in [2.24, 2.45) is 20.5 Å². The fourth-order valence-corrected chi connectivity index (χ4v) is 8.70. The predicted molar refractivity (Wildman–Crippen MR) is 199 cm³/mol. The number of phenols is 1. The maximum atomic E-state index is 12.8. The van der Waals surface area contributed by atoms with Gasteiger partial charge in [-0.15, -0.1) is 24.0 Å². The number of rotatable bonds is 21. The minimum Gasteiger partial charge on any atom is -0.505 e. The Balaban J connectivity index is 1.78. The number of carboxylic acid groups (broad SMARTS) is 1. The van der Waals surface area contributed by atoms with Crippen molar-refractivity contribution in [3.63, 3.8) is 0 Å². The quantitative estimate of drug-likeness (QED) is 0.0113. The lowest BCUT2D eigenvalue weighted by molar-refractivity contribution is -0.434. The lowest BCUT2D eigenvalue weighted by Gasteiger charge is -2.14. The molecule has 0 atom stereocenters. The van der Waals surface area contributed by atoms with Crippen molar-refractivity contribution < 1.29 is 95.4 Å². The van der Waals surface area contributed by atoms with Crippen molar-refractivity contribution in [1.29, 1.82) is 0 Å². The average Bonchev–Trinajstić information content (AvgIpc) is 3.15. The number of carboxylic acids is 1. The number of anilines is 1. The molecule has 0 radical (unpaired) electrons. The highest BCUT2D eigenvalue weighted by atomic mass is 32.3. The Bertz CT molecular complexity index is 2730. The van der Waals surface area contributed by atoms with E-state index in [0.29, 0.717) is 0 Å². The Labute approximate surface area is 340 Å². The van der Waals surface area contributed by atoms with Crippen LogP contribution in [0.1, 0.15) is 10.4 Å². The first-order valence-electron chi connectivity index (χ1n) is 15.0. The summed E-state index contributed by atoms with van der Waals surface area (Å²) in [5.41, 5.74) is 3.01. The number of benzene rings is 4. The van der Waals surface area contributed by atoms with Gasteiger partial charge in [0.15, 0.2) is 37.7 Å². The lowest BCUT2D eigenvalue weighted by atomic mass is 10.1. The molecule has 320 valence electrons. The minimum absolute atomic E-state index is 0.116. The van der Waals surface area contributed by atoms with E-state index in [-0.39, 0.29) is 45.2 Å². The van der Waals surface area contributed by atoms with Gasteiger partial charge in [-0.1, -0.05) is 10.1 Å². The molecule has 0 unspecified atom stereocenters. The highest BCUT2D eigenvalue weighted by Gasteiger charge is 2.26. The van der Waals surface area contributed by atoms with Crippen LogP contribution in [-0.4, -0.2) is 94.2 Å². The molecule has 4 aromatic rings. The number of carbonyl (C=O) groups is 1. The Morgan fingerprint density at radius 2 is 1.36 bits per heavy atom. The number of nitrogens with zero attached hydrogens (tertiary/aromatic N) is 4. The smallest absolute Gasteiger partial charge is 0.397 e. The number of aromatic hydroxyl groups is 1. The van der Waals surface area contributed by atoms with Crippen LogP contribution in [0.4, 0.5) is 28.4 Å². The van der Waals surface area contributed by atoms with Crippen LogP contribution >= 0.6 is 24.4 Å². The summed E-state index contributed by atoms with van der Waals surface area (Å²) in [5, 5.41) is 59.7. The fraction of sp³-hybridized carbons (Fsp3) is 0.148. The molecule has 0 amide bonds. The van der Waals surface area contributed by atoms with Gasteiger partial charge in [-0.3, -0.25) is 13.3 Å². The van der Waals surface area contributed by atoms with Gasteiger partial charge in [-0.05, 0) is 60.0 Å². The molecule has 4 aromatic carbocycles. The van der Waals surface area contributed by atoms with Crippen LogP contribution in [-0.2, 0) is 67.3 Å². The third-order valence-electron chi connectivity index (χ3n) is 7.15.